The molecule has 0 spiro atoms. The standard InChI is InChI=1S/C11H12O2S2/c12-10(13)6-7-11(14)15-8-9-4-2-1-3-5-9/h1-5H,6-8H2,(H,12,13). The first-order valence-electron chi connectivity index (χ1n) is 4.60. The molecule has 80 valence electrons. The largest absolute Gasteiger partial charge is 0.481 e. The predicted octanol–water partition coefficient (Wildman–Crippen LogP) is 3.11. The molecule has 0 aliphatic heterocycles. The molecule has 0 aliphatic carbocycles. The van der Waals surface area contributed by atoms with Crippen LogP contribution in [0, 0.1) is 0 Å². The van der Waals surface area contributed by atoms with Crippen molar-refractivity contribution < 1.29 is 9.90 Å². The first kappa shape index (κ1) is 12.2. The van der Waals surface area contributed by atoms with Crippen LogP contribution in [0.1, 0.15) is 18.4 Å². The Hall–Kier alpha value is -0.870. The zero-order chi connectivity index (χ0) is 11.1. The van der Waals surface area contributed by atoms with Crippen LogP contribution in [0.2, 0.25) is 0 Å². The Kier molecular flexibility index (Phi) is 5.36. The maximum atomic E-state index is 10.3. The molecule has 15 heavy (non-hydrogen) atoms. The van der Waals surface area contributed by atoms with Crippen molar-refractivity contribution in [3.63, 3.8) is 0 Å². The number of thioether (sulfide) groups is 1. The van der Waals surface area contributed by atoms with Gasteiger partial charge in [0, 0.05) is 9.95 Å². The van der Waals surface area contributed by atoms with Gasteiger partial charge in [0.1, 0.15) is 0 Å². The highest BCUT2D eigenvalue weighted by Gasteiger charge is 2.02. The lowest BCUT2D eigenvalue weighted by atomic mass is 10.2. The van der Waals surface area contributed by atoms with Crippen LogP contribution in [0.25, 0.3) is 0 Å². The molecule has 0 saturated heterocycles. The van der Waals surface area contributed by atoms with E-state index in [0.717, 1.165) is 9.95 Å². The molecule has 0 fully saturated rings. The summed E-state index contributed by atoms with van der Waals surface area (Å²) in [4.78, 5) is 10.3. The molecular weight excluding hydrogens is 228 g/mol. The zero-order valence-corrected chi connectivity index (χ0v) is 9.81. The van der Waals surface area contributed by atoms with Crippen molar-refractivity contribution in [2.75, 3.05) is 0 Å². The van der Waals surface area contributed by atoms with Gasteiger partial charge in [0.2, 0.25) is 0 Å². The smallest absolute Gasteiger partial charge is 0.303 e. The van der Waals surface area contributed by atoms with E-state index in [4.69, 9.17) is 17.3 Å². The second-order valence-corrected chi connectivity index (χ2v) is 4.86. The van der Waals surface area contributed by atoms with Crippen molar-refractivity contribution in [1.82, 2.24) is 0 Å². The Morgan fingerprint density at radius 3 is 2.53 bits per heavy atom. The first-order chi connectivity index (χ1) is 7.18. The monoisotopic (exact) mass is 240 g/mol. The van der Waals surface area contributed by atoms with Gasteiger partial charge in [-0.1, -0.05) is 42.5 Å². The number of hydrogen-bond acceptors (Lipinski definition) is 3. The third-order valence-corrected chi connectivity index (χ3v) is 3.35. The number of carboxylic acids is 1. The van der Waals surface area contributed by atoms with E-state index in [1.807, 2.05) is 30.3 Å². The number of rotatable bonds is 5. The minimum atomic E-state index is -0.794. The summed E-state index contributed by atoms with van der Waals surface area (Å²) in [5, 5.41) is 8.48. The second kappa shape index (κ2) is 6.58. The van der Waals surface area contributed by atoms with Crippen molar-refractivity contribution in [2.45, 2.75) is 18.6 Å². The highest BCUT2D eigenvalue weighted by Crippen LogP contribution is 2.16. The molecule has 0 aromatic heterocycles. The molecule has 4 heteroatoms. The average Bonchev–Trinajstić information content (AvgIpc) is 2.25. The summed E-state index contributed by atoms with van der Waals surface area (Å²) in [6.07, 6.45) is 0.600. The van der Waals surface area contributed by atoms with Crippen LogP contribution in [-0.4, -0.2) is 15.3 Å². The van der Waals surface area contributed by atoms with Crippen LogP contribution in [0.15, 0.2) is 30.3 Å². The van der Waals surface area contributed by atoms with Crippen molar-refractivity contribution >= 4 is 34.1 Å². The minimum Gasteiger partial charge on any atom is -0.481 e. The average molecular weight is 240 g/mol. The normalized spacial score (nSPS) is 9.87. The highest BCUT2D eigenvalue weighted by molar-refractivity contribution is 8.22. The van der Waals surface area contributed by atoms with E-state index in [9.17, 15) is 4.79 Å². The van der Waals surface area contributed by atoms with Crippen LogP contribution in [0.3, 0.4) is 0 Å². The van der Waals surface area contributed by atoms with Crippen LogP contribution in [-0.2, 0) is 10.5 Å². The molecule has 0 heterocycles. The lowest BCUT2D eigenvalue weighted by Gasteiger charge is -2.01. The molecule has 0 saturated carbocycles. The number of hydrogen-bond donors (Lipinski definition) is 1. The molecular formula is C11H12O2S2. The molecule has 2 nitrogen and oxygen atoms in total. The van der Waals surface area contributed by atoms with Crippen LogP contribution >= 0.6 is 24.0 Å². The maximum Gasteiger partial charge on any atom is 0.303 e. The van der Waals surface area contributed by atoms with Gasteiger partial charge in [0.05, 0.1) is 6.42 Å². The topological polar surface area (TPSA) is 37.3 Å². The number of benzene rings is 1. The molecule has 1 aromatic rings. The maximum absolute atomic E-state index is 10.3. The summed E-state index contributed by atoms with van der Waals surface area (Å²) < 4.78 is 0.765. The summed E-state index contributed by atoms with van der Waals surface area (Å²) in [5.41, 5.74) is 1.21. The van der Waals surface area contributed by atoms with E-state index in [1.165, 1.54) is 17.3 Å². The Balaban J connectivity index is 2.26. The predicted molar refractivity (Wildman–Crippen MR) is 67.2 cm³/mol. The van der Waals surface area contributed by atoms with Crippen LogP contribution < -0.4 is 0 Å². The van der Waals surface area contributed by atoms with Gasteiger partial charge in [0.25, 0.3) is 0 Å². The minimum absolute atomic E-state index is 0.126. The number of thiocarbonyl (C=S) groups is 1. The first-order valence-corrected chi connectivity index (χ1v) is 5.99. The molecule has 0 radical (unpaired) electrons. The summed E-state index contributed by atoms with van der Waals surface area (Å²) in [7, 11) is 0. The van der Waals surface area contributed by atoms with E-state index >= 15 is 0 Å². The Labute approximate surface area is 98.7 Å². The molecule has 0 amide bonds. The van der Waals surface area contributed by atoms with Gasteiger partial charge < -0.3 is 5.11 Å². The Morgan fingerprint density at radius 1 is 1.27 bits per heavy atom. The van der Waals surface area contributed by atoms with Crippen LogP contribution in [0.5, 0.6) is 0 Å². The number of carbonyl (C=O) groups is 1. The molecule has 0 aliphatic rings. The third kappa shape index (κ3) is 5.54. The lowest BCUT2D eigenvalue weighted by molar-refractivity contribution is -0.136. The van der Waals surface area contributed by atoms with E-state index in [0.29, 0.717) is 6.42 Å². The van der Waals surface area contributed by atoms with Gasteiger partial charge in [-0.05, 0) is 12.0 Å². The summed E-state index contributed by atoms with van der Waals surface area (Å²) >= 11 is 6.61. The fourth-order valence-electron chi connectivity index (χ4n) is 1.02. The van der Waals surface area contributed by atoms with Gasteiger partial charge in [-0.2, -0.15) is 0 Å². The quantitative estimate of drug-likeness (QED) is 0.802. The van der Waals surface area contributed by atoms with Gasteiger partial charge in [-0.3, -0.25) is 4.79 Å². The zero-order valence-electron chi connectivity index (χ0n) is 8.18. The van der Waals surface area contributed by atoms with Crippen molar-refractivity contribution in [3.05, 3.63) is 35.9 Å². The molecule has 1 N–H and O–H groups in total. The van der Waals surface area contributed by atoms with Gasteiger partial charge in [-0.25, -0.2) is 0 Å². The van der Waals surface area contributed by atoms with Crippen molar-refractivity contribution in [1.29, 1.82) is 0 Å². The van der Waals surface area contributed by atoms with E-state index in [1.54, 1.807) is 0 Å². The van der Waals surface area contributed by atoms with Crippen molar-refractivity contribution in [2.24, 2.45) is 0 Å². The second-order valence-electron chi connectivity index (χ2n) is 3.04. The summed E-state index contributed by atoms with van der Waals surface area (Å²) in [5.74, 6) is 0.0249. The van der Waals surface area contributed by atoms with E-state index in [2.05, 4.69) is 0 Å². The molecule has 0 unspecified atom stereocenters. The molecule has 0 bridgehead atoms. The third-order valence-electron chi connectivity index (χ3n) is 1.79. The van der Waals surface area contributed by atoms with Gasteiger partial charge >= 0.3 is 5.97 Å². The van der Waals surface area contributed by atoms with E-state index in [-0.39, 0.29) is 6.42 Å². The molecule has 1 aromatic carbocycles. The fraction of sp³-hybridized carbons (Fsp3) is 0.273. The number of carboxylic acid groups (broad SMARTS) is 1. The highest BCUT2D eigenvalue weighted by atomic mass is 32.2. The SMILES string of the molecule is O=C(O)CCC(=S)SCc1ccccc1. The molecule has 1 rings (SSSR count). The fourth-order valence-corrected chi connectivity index (χ4v) is 2.06. The summed E-state index contributed by atoms with van der Waals surface area (Å²) in [6.45, 7) is 0. The lowest BCUT2D eigenvalue weighted by Crippen LogP contribution is -1.98. The van der Waals surface area contributed by atoms with Gasteiger partial charge in [0.15, 0.2) is 0 Å². The van der Waals surface area contributed by atoms with Crippen molar-refractivity contribution in [3.8, 4) is 0 Å². The van der Waals surface area contributed by atoms with E-state index < -0.39 is 5.97 Å². The summed E-state index contributed by atoms with van der Waals surface area (Å²) in [6, 6.07) is 10.0. The Bertz CT molecular complexity index is 336. The van der Waals surface area contributed by atoms with Crippen LogP contribution in [0.4, 0.5) is 0 Å². The van der Waals surface area contributed by atoms with Gasteiger partial charge in [-0.15, -0.1) is 11.8 Å². The Morgan fingerprint density at radius 2 is 1.93 bits per heavy atom. The molecule has 0 atom stereocenters. The number of aliphatic carboxylic acids is 1.